The van der Waals surface area contributed by atoms with Crippen molar-refractivity contribution in [1.29, 1.82) is 0 Å². The molecule has 36 heavy (non-hydrogen) atoms. The van der Waals surface area contributed by atoms with Gasteiger partial charge in [-0.2, -0.15) is 0 Å². The van der Waals surface area contributed by atoms with Crippen LogP contribution in [0.2, 0.25) is 0 Å². The molecule has 3 rings (SSSR count). The first-order valence-corrected chi connectivity index (χ1v) is 14.4. The van der Waals surface area contributed by atoms with E-state index in [0.29, 0.717) is 11.8 Å². The lowest BCUT2D eigenvalue weighted by atomic mass is 9.69. The van der Waals surface area contributed by atoms with Crippen LogP contribution in [0.15, 0.2) is 24.3 Å². The molecule has 4 heteroatoms. The zero-order valence-electron chi connectivity index (χ0n) is 24.1. The molecule has 0 spiro atoms. The van der Waals surface area contributed by atoms with Crippen LogP contribution in [-0.2, 0) is 14.3 Å². The molecule has 0 bridgehead atoms. The van der Waals surface area contributed by atoms with Crippen molar-refractivity contribution in [3.8, 4) is 5.75 Å². The summed E-state index contributed by atoms with van der Waals surface area (Å²) in [5, 5.41) is 0. The van der Waals surface area contributed by atoms with Gasteiger partial charge in [-0.25, -0.2) is 0 Å². The molecule has 2 aliphatic rings. The lowest BCUT2D eigenvalue weighted by Crippen LogP contribution is -2.33. The number of methoxy groups -OCH3 is 1. The van der Waals surface area contributed by atoms with Crippen LogP contribution in [0.3, 0.4) is 0 Å². The highest BCUT2D eigenvalue weighted by molar-refractivity contribution is 5.72. The second kappa shape index (κ2) is 12.8. The van der Waals surface area contributed by atoms with Gasteiger partial charge in [0.2, 0.25) is 0 Å². The van der Waals surface area contributed by atoms with Crippen LogP contribution in [0, 0.1) is 22.7 Å². The summed E-state index contributed by atoms with van der Waals surface area (Å²) in [6, 6.07) is 8.80. The fourth-order valence-corrected chi connectivity index (χ4v) is 6.11. The predicted octanol–water partition coefficient (Wildman–Crippen LogP) is 8.68. The molecule has 2 saturated carbocycles. The zero-order chi connectivity index (χ0) is 26.3. The summed E-state index contributed by atoms with van der Waals surface area (Å²) >= 11 is 0. The highest BCUT2D eigenvalue weighted by atomic mass is 16.7. The van der Waals surface area contributed by atoms with E-state index in [2.05, 4.69) is 65.8 Å². The summed E-state index contributed by atoms with van der Waals surface area (Å²) in [4.78, 5) is 11.9. The molecule has 2 fully saturated rings. The van der Waals surface area contributed by atoms with Gasteiger partial charge in [0.1, 0.15) is 5.75 Å². The van der Waals surface area contributed by atoms with Gasteiger partial charge >= 0.3 is 5.97 Å². The zero-order valence-corrected chi connectivity index (χ0v) is 24.1. The van der Waals surface area contributed by atoms with E-state index < -0.39 is 0 Å². The Morgan fingerprint density at radius 2 is 1.50 bits per heavy atom. The fraction of sp³-hybridized carbons (Fsp3) is 0.781. The maximum atomic E-state index is 11.9. The second-order valence-corrected chi connectivity index (χ2v) is 13.7. The van der Waals surface area contributed by atoms with E-state index >= 15 is 0 Å². The average molecular weight is 501 g/mol. The number of rotatable bonds is 9. The van der Waals surface area contributed by atoms with Crippen LogP contribution in [0.25, 0.3) is 0 Å². The summed E-state index contributed by atoms with van der Waals surface area (Å²) in [6.07, 6.45) is 12.0. The van der Waals surface area contributed by atoms with Gasteiger partial charge in [-0.15, -0.1) is 0 Å². The quantitative estimate of drug-likeness (QED) is 0.251. The maximum Gasteiger partial charge on any atom is 0.308 e. The Labute approximate surface area is 220 Å². The van der Waals surface area contributed by atoms with Gasteiger partial charge in [0.25, 0.3) is 0 Å². The minimum atomic E-state index is -0.230. The van der Waals surface area contributed by atoms with Gasteiger partial charge in [0.15, 0.2) is 6.29 Å². The molecule has 0 saturated heterocycles. The molecule has 0 heterocycles. The Bertz CT molecular complexity index is 787. The number of benzene rings is 1. The van der Waals surface area contributed by atoms with Gasteiger partial charge in [-0.05, 0) is 72.5 Å². The van der Waals surface area contributed by atoms with Gasteiger partial charge < -0.3 is 14.2 Å². The largest absolute Gasteiger partial charge is 0.469 e. The van der Waals surface area contributed by atoms with Gasteiger partial charge in [0.05, 0.1) is 19.1 Å². The highest BCUT2D eigenvalue weighted by Crippen LogP contribution is 2.43. The Morgan fingerprint density at radius 3 is 2.03 bits per heavy atom. The van der Waals surface area contributed by atoms with Crippen LogP contribution < -0.4 is 4.74 Å². The van der Waals surface area contributed by atoms with Crippen molar-refractivity contribution in [3.63, 3.8) is 0 Å². The number of ether oxygens (including phenoxy) is 3. The highest BCUT2D eigenvalue weighted by Gasteiger charge is 2.32. The summed E-state index contributed by atoms with van der Waals surface area (Å²) < 4.78 is 18.1. The van der Waals surface area contributed by atoms with Crippen LogP contribution in [0.1, 0.15) is 124 Å². The number of carbonyl (C=O) groups excluding carboxylic acids is 1. The number of esters is 1. The fourth-order valence-electron chi connectivity index (χ4n) is 6.11. The molecule has 204 valence electrons. The first kappa shape index (κ1) is 29.0. The van der Waals surface area contributed by atoms with E-state index in [9.17, 15) is 4.79 Å². The molecule has 0 aliphatic heterocycles. The summed E-state index contributed by atoms with van der Waals surface area (Å²) in [7, 11) is 1.48. The summed E-state index contributed by atoms with van der Waals surface area (Å²) in [5.74, 6) is 2.00. The molecule has 0 N–H and O–H groups in total. The van der Waals surface area contributed by atoms with Crippen molar-refractivity contribution in [1.82, 2.24) is 0 Å². The Kier molecular flexibility index (Phi) is 10.3. The van der Waals surface area contributed by atoms with Crippen LogP contribution in [0.5, 0.6) is 5.75 Å². The average Bonchev–Trinajstić information content (AvgIpc) is 2.82. The molecule has 0 aromatic heterocycles. The van der Waals surface area contributed by atoms with Crippen LogP contribution >= 0.6 is 0 Å². The standard InChI is InChI=1S/C32H52O4/c1-31(2,3)22-28(32(4,5)6)24-13-17-26(18-14-24)35-29(21-23-11-9-8-10-12-23)36-27-19-15-25(16-20-27)30(33)34-7/h13-14,17-18,23,25,27-29H,8-12,15-16,19-22H2,1-7H3. The number of hydrogen-bond donors (Lipinski definition) is 0. The molecule has 2 unspecified atom stereocenters. The van der Waals surface area contributed by atoms with E-state index in [0.717, 1.165) is 44.3 Å². The third-order valence-corrected chi connectivity index (χ3v) is 8.22. The van der Waals surface area contributed by atoms with E-state index in [1.165, 1.54) is 44.8 Å². The minimum absolute atomic E-state index is 0.0176. The normalized spacial score (nSPS) is 23.6. The van der Waals surface area contributed by atoms with Gasteiger partial charge in [0, 0.05) is 6.42 Å². The lowest BCUT2D eigenvalue weighted by molar-refractivity contribution is -0.155. The predicted molar refractivity (Wildman–Crippen MR) is 147 cm³/mol. The smallest absolute Gasteiger partial charge is 0.308 e. The third kappa shape index (κ3) is 9.08. The molecular weight excluding hydrogens is 448 g/mol. The topological polar surface area (TPSA) is 44.8 Å². The molecule has 2 aliphatic carbocycles. The van der Waals surface area contributed by atoms with Crippen molar-refractivity contribution in [2.75, 3.05) is 7.11 Å². The summed E-state index contributed by atoms with van der Waals surface area (Å²) in [5.41, 5.74) is 1.86. The lowest BCUT2D eigenvalue weighted by Gasteiger charge is -2.36. The van der Waals surface area contributed by atoms with Crippen LogP contribution in [-0.4, -0.2) is 25.5 Å². The maximum absolute atomic E-state index is 11.9. The van der Waals surface area contributed by atoms with Crippen molar-refractivity contribution >= 4 is 5.97 Å². The second-order valence-electron chi connectivity index (χ2n) is 13.7. The number of hydrogen-bond acceptors (Lipinski definition) is 4. The molecular formula is C32H52O4. The first-order chi connectivity index (χ1) is 16.9. The van der Waals surface area contributed by atoms with Crippen molar-refractivity contribution < 1.29 is 19.0 Å². The SMILES string of the molecule is COC(=O)C1CCC(OC(CC2CCCCC2)Oc2ccc(C(CC(C)(C)C)C(C)(C)C)cc2)CC1. The molecule has 0 amide bonds. The molecule has 2 atom stereocenters. The first-order valence-electron chi connectivity index (χ1n) is 14.4. The third-order valence-electron chi connectivity index (χ3n) is 8.22. The molecule has 1 aromatic carbocycles. The Balaban J connectivity index is 1.67. The number of carbonyl (C=O) groups is 1. The van der Waals surface area contributed by atoms with E-state index in [4.69, 9.17) is 14.2 Å². The van der Waals surface area contributed by atoms with E-state index in [-0.39, 0.29) is 35.1 Å². The monoisotopic (exact) mass is 500 g/mol. The van der Waals surface area contributed by atoms with E-state index in [1.54, 1.807) is 0 Å². The Hall–Kier alpha value is -1.55. The van der Waals surface area contributed by atoms with Crippen LogP contribution in [0.4, 0.5) is 0 Å². The van der Waals surface area contributed by atoms with Crippen molar-refractivity contribution in [2.45, 2.75) is 130 Å². The molecule has 0 radical (unpaired) electrons. The van der Waals surface area contributed by atoms with Crippen molar-refractivity contribution in [3.05, 3.63) is 29.8 Å². The molecule has 1 aromatic rings. The van der Waals surface area contributed by atoms with Crippen molar-refractivity contribution in [2.24, 2.45) is 22.7 Å². The minimum Gasteiger partial charge on any atom is -0.469 e. The van der Waals surface area contributed by atoms with Gasteiger partial charge in [-0.1, -0.05) is 85.8 Å². The molecule has 4 nitrogen and oxygen atoms in total. The van der Waals surface area contributed by atoms with E-state index in [1.807, 2.05) is 0 Å². The van der Waals surface area contributed by atoms with Gasteiger partial charge in [-0.3, -0.25) is 4.79 Å². The summed E-state index contributed by atoms with van der Waals surface area (Å²) in [6.45, 7) is 14.0. The Morgan fingerprint density at radius 1 is 0.889 bits per heavy atom.